The van der Waals surface area contributed by atoms with E-state index in [0.29, 0.717) is 5.41 Å². The Morgan fingerprint density at radius 3 is 2.58 bits per heavy atom. The van der Waals surface area contributed by atoms with Crippen LogP contribution in [0.1, 0.15) is 33.1 Å². The molecule has 2 saturated carbocycles. The van der Waals surface area contributed by atoms with Crippen LogP contribution in [-0.2, 0) is 0 Å². The molecule has 0 aromatic rings. The van der Waals surface area contributed by atoms with Gasteiger partial charge in [-0.15, -0.1) is 11.8 Å². The summed E-state index contributed by atoms with van der Waals surface area (Å²) in [5.41, 5.74) is 0.639. The smallest absolute Gasteiger partial charge is 0.0364 e. The zero-order chi connectivity index (χ0) is 8.77. The van der Waals surface area contributed by atoms with Gasteiger partial charge in [0.15, 0.2) is 0 Å². The number of hydrogen-bond acceptors (Lipinski definition) is 2. The van der Waals surface area contributed by atoms with Crippen LogP contribution in [0.25, 0.3) is 0 Å². The topological polar surface area (TPSA) is 0 Å². The molecule has 2 fully saturated rings. The summed E-state index contributed by atoms with van der Waals surface area (Å²) < 4.78 is 0. The molecule has 0 aliphatic heterocycles. The molecular formula is C10H18S2. The average Bonchev–Trinajstić information content (AvgIpc) is 2.41. The Hall–Kier alpha value is 0.700. The van der Waals surface area contributed by atoms with Crippen LogP contribution in [-0.4, -0.2) is 10.3 Å². The molecule has 0 aromatic carbocycles. The monoisotopic (exact) mass is 202 g/mol. The van der Waals surface area contributed by atoms with Gasteiger partial charge in [-0.1, -0.05) is 13.8 Å². The van der Waals surface area contributed by atoms with Gasteiger partial charge in [-0.2, -0.15) is 12.6 Å². The van der Waals surface area contributed by atoms with Crippen molar-refractivity contribution in [3.05, 3.63) is 0 Å². The van der Waals surface area contributed by atoms with Crippen molar-refractivity contribution in [3.8, 4) is 0 Å². The van der Waals surface area contributed by atoms with Crippen LogP contribution < -0.4 is 0 Å². The zero-order valence-electron chi connectivity index (χ0n) is 7.92. The standard InChI is InChI=1S/C10H18S2/c1-10(2)7-3-4-8(10)9(5-7)12-6-11/h7-9,11H,3-6H2,1-2H3. The summed E-state index contributed by atoms with van der Waals surface area (Å²) in [6, 6.07) is 0. The van der Waals surface area contributed by atoms with Crippen molar-refractivity contribution in [1.29, 1.82) is 0 Å². The first kappa shape index (κ1) is 9.26. The van der Waals surface area contributed by atoms with E-state index in [4.69, 9.17) is 0 Å². The van der Waals surface area contributed by atoms with Gasteiger partial charge < -0.3 is 0 Å². The second-order valence-electron chi connectivity index (χ2n) is 4.77. The second kappa shape index (κ2) is 3.13. The molecule has 2 aliphatic carbocycles. The van der Waals surface area contributed by atoms with E-state index in [1.54, 1.807) is 0 Å². The molecule has 2 aliphatic rings. The lowest BCUT2D eigenvalue weighted by atomic mass is 9.82. The number of fused-ring (bicyclic) bond motifs is 2. The van der Waals surface area contributed by atoms with Gasteiger partial charge in [0.25, 0.3) is 0 Å². The SMILES string of the molecule is CC1(C)C2CCC1C(SCS)C2. The van der Waals surface area contributed by atoms with Crippen LogP contribution in [0, 0.1) is 17.3 Å². The molecule has 0 saturated heterocycles. The fraction of sp³-hybridized carbons (Fsp3) is 1.00. The van der Waals surface area contributed by atoms with E-state index >= 15 is 0 Å². The summed E-state index contributed by atoms with van der Waals surface area (Å²) in [6.45, 7) is 4.93. The highest BCUT2D eigenvalue weighted by molar-refractivity contribution is 8.09. The first-order valence-electron chi connectivity index (χ1n) is 4.88. The largest absolute Gasteiger partial charge is 0.168 e. The van der Waals surface area contributed by atoms with Gasteiger partial charge in [0.05, 0.1) is 0 Å². The Labute approximate surface area is 85.3 Å². The minimum atomic E-state index is 0.639. The number of hydrogen-bond donors (Lipinski definition) is 1. The molecule has 2 bridgehead atoms. The second-order valence-corrected chi connectivity index (χ2v) is 6.74. The number of rotatable bonds is 2. The fourth-order valence-corrected chi connectivity index (χ4v) is 5.09. The lowest BCUT2D eigenvalue weighted by molar-refractivity contribution is 0.261. The van der Waals surface area contributed by atoms with Gasteiger partial charge in [-0.3, -0.25) is 0 Å². The van der Waals surface area contributed by atoms with Crippen LogP contribution in [0.15, 0.2) is 0 Å². The maximum absolute atomic E-state index is 4.31. The quantitative estimate of drug-likeness (QED) is 0.529. The first-order chi connectivity index (χ1) is 5.66. The summed E-state index contributed by atoms with van der Waals surface area (Å²) in [7, 11) is 0. The van der Waals surface area contributed by atoms with E-state index < -0.39 is 0 Å². The van der Waals surface area contributed by atoms with E-state index in [1.807, 2.05) is 0 Å². The zero-order valence-corrected chi connectivity index (χ0v) is 9.63. The number of thiol groups is 1. The minimum absolute atomic E-state index is 0.639. The Kier molecular flexibility index (Phi) is 2.41. The predicted octanol–water partition coefficient (Wildman–Crippen LogP) is 3.43. The molecule has 2 rings (SSSR count). The van der Waals surface area contributed by atoms with Gasteiger partial charge in [0, 0.05) is 10.3 Å². The molecule has 0 spiro atoms. The third kappa shape index (κ3) is 1.22. The van der Waals surface area contributed by atoms with E-state index in [-0.39, 0.29) is 0 Å². The van der Waals surface area contributed by atoms with E-state index in [9.17, 15) is 0 Å². The molecule has 0 amide bonds. The van der Waals surface area contributed by atoms with Crippen LogP contribution >= 0.6 is 24.4 Å². The summed E-state index contributed by atoms with van der Waals surface area (Å²) >= 11 is 6.38. The molecular weight excluding hydrogens is 184 g/mol. The molecule has 0 heterocycles. The summed E-state index contributed by atoms with van der Waals surface area (Å²) in [5, 5.41) is 1.93. The van der Waals surface area contributed by atoms with Crippen molar-refractivity contribution in [1.82, 2.24) is 0 Å². The highest BCUT2D eigenvalue weighted by Crippen LogP contribution is 2.60. The average molecular weight is 202 g/mol. The molecule has 70 valence electrons. The van der Waals surface area contributed by atoms with E-state index in [0.717, 1.165) is 22.2 Å². The van der Waals surface area contributed by atoms with Crippen LogP contribution in [0.2, 0.25) is 0 Å². The molecule has 0 aromatic heterocycles. The third-order valence-corrected chi connectivity index (χ3v) is 5.63. The van der Waals surface area contributed by atoms with Crippen LogP contribution in [0.5, 0.6) is 0 Å². The normalized spacial score (nSPS) is 43.8. The van der Waals surface area contributed by atoms with Gasteiger partial charge in [0.1, 0.15) is 0 Å². The lowest BCUT2D eigenvalue weighted by Gasteiger charge is -2.26. The minimum Gasteiger partial charge on any atom is -0.168 e. The summed E-state index contributed by atoms with van der Waals surface area (Å²) in [4.78, 5) is 0. The first-order valence-corrected chi connectivity index (χ1v) is 6.57. The lowest BCUT2D eigenvalue weighted by Crippen LogP contribution is -2.20. The van der Waals surface area contributed by atoms with Gasteiger partial charge in [-0.05, 0) is 36.5 Å². The maximum atomic E-state index is 4.31. The van der Waals surface area contributed by atoms with Crippen molar-refractivity contribution in [2.24, 2.45) is 17.3 Å². The molecule has 12 heavy (non-hydrogen) atoms. The Balaban J connectivity index is 2.08. The molecule has 2 heteroatoms. The molecule has 0 nitrogen and oxygen atoms in total. The fourth-order valence-electron chi connectivity index (χ4n) is 3.24. The number of thioether (sulfide) groups is 1. The molecule has 3 atom stereocenters. The maximum Gasteiger partial charge on any atom is 0.0364 e. The highest BCUT2D eigenvalue weighted by Gasteiger charge is 2.52. The predicted molar refractivity (Wildman–Crippen MR) is 59.8 cm³/mol. The Morgan fingerprint density at radius 2 is 2.17 bits per heavy atom. The van der Waals surface area contributed by atoms with Crippen LogP contribution in [0.3, 0.4) is 0 Å². The molecule has 0 radical (unpaired) electrons. The van der Waals surface area contributed by atoms with Gasteiger partial charge in [-0.25, -0.2) is 0 Å². The van der Waals surface area contributed by atoms with Crippen molar-refractivity contribution in [2.75, 3.05) is 5.08 Å². The van der Waals surface area contributed by atoms with Crippen LogP contribution in [0.4, 0.5) is 0 Å². The molecule has 3 unspecified atom stereocenters. The van der Waals surface area contributed by atoms with E-state index in [2.05, 4.69) is 38.2 Å². The van der Waals surface area contributed by atoms with Crippen molar-refractivity contribution in [3.63, 3.8) is 0 Å². The van der Waals surface area contributed by atoms with E-state index in [1.165, 1.54) is 19.3 Å². The van der Waals surface area contributed by atoms with Crippen molar-refractivity contribution < 1.29 is 0 Å². The van der Waals surface area contributed by atoms with Gasteiger partial charge >= 0.3 is 0 Å². The van der Waals surface area contributed by atoms with Gasteiger partial charge in [0.2, 0.25) is 0 Å². The van der Waals surface area contributed by atoms with Crippen molar-refractivity contribution >= 4 is 24.4 Å². The highest BCUT2D eigenvalue weighted by atomic mass is 32.2. The summed E-state index contributed by atoms with van der Waals surface area (Å²) in [6.07, 6.45) is 4.42. The Bertz CT molecular complexity index is 177. The Morgan fingerprint density at radius 1 is 1.42 bits per heavy atom. The van der Waals surface area contributed by atoms with Crippen molar-refractivity contribution in [2.45, 2.75) is 38.4 Å². The summed E-state index contributed by atoms with van der Waals surface area (Å²) in [5.74, 6) is 2.00. The molecule has 0 N–H and O–H groups in total. The third-order valence-electron chi connectivity index (χ3n) is 4.09.